The molecule has 1 N–H and O–H groups in total. The lowest BCUT2D eigenvalue weighted by atomic mass is 10.3. The number of nitrogens with zero attached hydrogens (tertiary/aromatic N) is 2. The average molecular weight is 227 g/mol. The lowest BCUT2D eigenvalue weighted by Crippen LogP contribution is -2.22. The van der Waals surface area contributed by atoms with Gasteiger partial charge in [0.05, 0.1) is 19.8 Å². The summed E-state index contributed by atoms with van der Waals surface area (Å²) in [6.45, 7) is 1.88. The van der Waals surface area contributed by atoms with E-state index in [0.29, 0.717) is 25.9 Å². The van der Waals surface area contributed by atoms with Crippen LogP contribution in [-0.2, 0) is 9.47 Å². The van der Waals surface area contributed by atoms with Crippen LogP contribution in [0.4, 0.5) is 5.13 Å². The summed E-state index contributed by atoms with van der Waals surface area (Å²) in [6, 6.07) is 0.620. The first-order valence-electron chi connectivity index (χ1n) is 5.21. The summed E-state index contributed by atoms with van der Waals surface area (Å²) in [4.78, 5) is 4.41. The largest absolute Gasteiger partial charge is 0.376 e. The van der Waals surface area contributed by atoms with E-state index in [-0.39, 0.29) is 6.10 Å². The zero-order valence-electron chi connectivity index (χ0n) is 8.31. The van der Waals surface area contributed by atoms with E-state index in [9.17, 15) is 0 Å². The smallest absolute Gasteiger partial charge is 0.202 e. The maximum absolute atomic E-state index is 5.53. The molecule has 2 aliphatic rings. The molecule has 0 bridgehead atoms. The van der Waals surface area contributed by atoms with Crippen molar-refractivity contribution in [1.29, 1.82) is 0 Å². The van der Waals surface area contributed by atoms with Crippen LogP contribution in [0.1, 0.15) is 24.8 Å². The molecule has 1 saturated carbocycles. The molecular formula is C9H13N3O2S. The van der Waals surface area contributed by atoms with E-state index in [1.807, 2.05) is 0 Å². The summed E-state index contributed by atoms with van der Waals surface area (Å²) in [5.74, 6) is 0.753. The van der Waals surface area contributed by atoms with Crippen LogP contribution in [0.25, 0.3) is 0 Å². The number of hydrogen-bond donors (Lipinski definition) is 1. The maximum atomic E-state index is 5.53. The van der Waals surface area contributed by atoms with Crippen molar-refractivity contribution >= 4 is 16.7 Å². The highest BCUT2D eigenvalue weighted by Gasteiger charge is 2.25. The maximum Gasteiger partial charge on any atom is 0.202 e. The number of aromatic nitrogens is 2. The summed E-state index contributed by atoms with van der Waals surface area (Å²) in [7, 11) is 0. The molecule has 1 aliphatic carbocycles. The predicted molar refractivity (Wildman–Crippen MR) is 56.1 cm³/mol. The number of rotatable bonds is 3. The highest BCUT2D eigenvalue weighted by Crippen LogP contribution is 2.27. The van der Waals surface area contributed by atoms with Crippen molar-refractivity contribution in [3.8, 4) is 0 Å². The minimum atomic E-state index is -0.0789. The Hall–Kier alpha value is -0.720. The van der Waals surface area contributed by atoms with Gasteiger partial charge in [0.1, 0.15) is 6.10 Å². The SMILES string of the molecule is C1COC(c2nsc(NC3CC3)n2)CO1. The Bertz CT molecular complexity index is 334. The highest BCUT2D eigenvalue weighted by molar-refractivity contribution is 7.09. The van der Waals surface area contributed by atoms with Crippen LogP contribution in [0.3, 0.4) is 0 Å². The predicted octanol–water partition coefficient (Wildman–Crippen LogP) is 1.20. The van der Waals surface area contributed by atoms with Crippen LogP contribution >= 0.6 is 11.5 Å². The lowest BCUT2D eigenvalue weighted by Gasteiger charge is -2.20. The summed E-state index contributed by atoms with van der Waals surface area (Å²) >= 11 is 1.40. The van der Waals surface area contributed by atoms with Crippen molar-refractivity contribution < 1.29 is 9.47 Å². The first-order chi connectivity index (χ1) is 7.42. The Kier molecular flexibility index (Phi) is 2.56. The van der Waals surface area contributed by atoms with Crippen LogP contribution < -0.4 is 5.32 Å². The second-order valence-corrected chi connectivity index (χ2v) is 4.56. The van der Waals surface area contributed by atoms with Crippen molar-refractivity contribution in [3.63, 3.8) is 0 Å². The molecule has 2 heterocycles. The topological polar surface area (TPSA) is 56.3 Å². The van der Waals surface area contributed by atoms with E-state index in [1.54, 1.807) is 0 Å². The van der Waals surface area contributed by atoms with Gasteiger partial charge in [0, 0.05) is 17.6 Å². The summed E-state index contributed by atoms with van der Waals surface area (Å²) in [5, 5.41) is 4.23. The number of ether oxygens (including phenoxy) is 2. The van der Waals surface area contributed by atoms with Crippen LogP contribution in [0, 0.1) is 0 Å². The molecule has 3 rings (SSSR count). The Labute approximate surface area is 92.0 Å². The number of hydrogen-bond acceptors (Lipinski definition) is 6. The number of anilines is 1. The summed E-state index contributed by atoms with van der Waals surface area (Å²) in [5.41, 5.74) is 0. The third-order valence-corrected chi connectivity index (χ3v) is 3.11. The third kappa shape index (κ3) is 2.27. The minimum absolute atomic E-state index is 0.0789. The van der Waals surface area contributed by atoms with Crippen molar-refractivity contribution in [2.75, 3.05) is 25.1 Å². The van der Waals surface area contributed by atoms with Gasteiger partial charge < -0.3 is 14.8 Å². The van der Waals surface area contributed by atoms with Gasteiger partial charge in [-0.15, -0.1) is 0 Å². The van der Waals surface area contributed by atoms with Crippen molar-refractivity contribution in [2.45, 2.75) is 25.0 Å². The molecule has 1 atom stereocenters. The van der Waals surface area contributed by atoms with Crippen LogP contribution in [-0.4, -0.2) is 35.2 Å². The quantitative estimate of drug-likeness (QED) is 0.841. The minimum Gasteiger partial charge on any atom is -0.376 e. The van der Waals surface area contributed by atoms with E-state index in [0.717, 1.165) is 11.0 Å². The fourth-order valence-electron chi connectivity index (χ4n) is 1.46. The first kappa shape index (κ1) is 9.50. The molecule has 2 fully saturated rings. The van der Waals surface area contributed by atoms with E-state index in [1.165, 1.54) is 24.4 Å². The highest BCUT2D eigenvalue weighted by atomic mass is 32.1. The van der Waals surface area contributed by atoms with Crippen molar-refractivity contribution in [3.05, 3.63) is 5.82 Å². The second-order valence-electron chi connectivity index (χ2n) is 3.81. The van der Waals surface area contributed by atoms with Gasteiger partial charge in [0.25, 0.3) is 0 Å². The van der Waals surface area contributed by atoms with Crippen LogP contribution in [0.5, 0.6) is 0 Å². The van der Waals surface area contributed by atoms with Gasteiger partial charge in [0.2, 0.25) is 5.13 Å². The molecule has 5 nitrogen and oxygen atoms in total. The zero-order chi connectivity index (χ0) is 10.1. The van der Waals surface area contributed by atoms with Gasteiger partial charge in [-0.2, -0.15) is 4.37 Å². The monoisotopic (exact) mass is 227 g/mol. The molecule has 15 heavy (non-hydrogen) atoms. The molecule has 1 unspecified atom stereocenters. The number of nitrogens with one attached hydrogen (secondary N) is 1. The summed E-state index contributed by atoms with van der Waals surface area (Å²) in [6.07, 6.45) is 2.42. The Morgan fingerprint density at radius 2 is 2.27 bits per heavy atom. The normalized spacial score (nSPS) is 26.5. The second kappa shape index (κ2) is 4.03. The fraction of sp³-hybridized carbons (Fsp3) is 0.778. The fourth-order valence-corrected chi connectivity index (χ4v) is 2.16. The van der Waals surface area contributed by atoms with Crippen LogP contribution in [0.15, 0.2) is 0 Å². The van der Waals surface area contributed by atoms with E-state index < -0.39 is 0 Å². The molecule has 82 valence electrons. The van der Waals surface area contributed by atoms with E-state index in [4.69, 9.17) is 9.47 Å². The van der Waals surface area contributed by atoms with Gasteiger partial charge in [-0.1, -0.05) is 0 Å². The standard InChI is InChI=1S/C9H13N3O2S/c1-2-6(1)10-9-11-8(12-15-9)7-5-13-3-4-14-7/h6-7H,1-5H2,(H,10,11,12). The van der Waals surface area contributed by atoms with Gasteiger partial charge in [-0.3, -0.25) is 0 Å². The lowest BCUT2D eigenvalue weighted by molar-refractivity contribution is -0.0930. The molecule has 0 spiro atoms. The Morgan fingerprint density at radius 3 is 3.00 bits per heavy atom. The summed E-state index contributed by atoms with van der Waals surface area (Å²) < 4.78 is 15.1. The average Bonchev–Trinajstić information content (AvgIpc) is 2.96. The van der Waals surface area contributed by atoms with E-state index >= 15 is 0 Å². The zero-order valence-corrected chi connectivity index (χ0v) is 9.13. The molecule has 6 heteroatoms. The van der Waals surface area contributed by atoms with Crippen molar-refractivity contribution in [2.24, 2.45) is 0 Å². The molecule has 1 aromatic heterocycles. The van der Waals surface area contributed by atoms with Gasteiger partial charge in [-0.25, -0.2) is 4.98 Å². The van der Waals surface area contributed by atoms with E-state index in [2.05, 4.69) is 14.7 Å². The molecule has 0 aromatic carbocycles. The molecule has 0 amide bonds. The molecular weight excluding hydrogens is 214 g/mol. The van der Waals surface area contributed by atoms with Gasteiger partial charge >= 0.3 is 0 Å². The van der Waals surface area contributed by atoms with Crippen molar-refractivity contribution in [1.82, 2.24) is 9.36 Å². The molecule has 1 aliphatic heterocycles. The first-order valence-corrected chi connectivity index (χ1v) is 5.98. The van der Waals surface area contributed by atoms with Gasteiger partial charge in [-0.05, 0) is 12.8 Å². The molecule has 1 saturated heterocycles. The Morgan fingerprint density at radius 1 is 1.33 bits per heavy atom. The Balaban J connectivity index is 1.65. The third-order valence-electron chi connectivity index (χ3n) is 2.45. The molecule has 1 aromatic rings. The van der Waals surface area contributed by atoms with Crippen LogP contribution in [0.2, 0.25) is 0 Å². The molecule has 0 radical (unpaired) electrons. The van der Waals surface area contributed by atoms with Gasteiger partial charge in [0.15, 0.2) is 5.82 Å².